The number of aryl methyl sites for hydroxylation is 1. The van der Waals surface area contributed by atoms with Crippen molar-refractivity contribution in [2.24, 2.45) is 11.8 Å². The maximum absolute atomic E-state index is 6.60. The van der Waals surface area contributed by atoms with Gasteiger partial charge in [0.05, 0.1) is 11.1 Å². The van der Waals surface area contributed by atoms with E-state index in [2.05, 4.69) is 76.2 Å². The van der Waals surface area contributed by atoms with Crippen molar-refractivity contribution >= 4 is 11.6 Å². The minimum absolute atomic E-state index is 0.0353. The second kappa shape index (κ2) is 15.1. The number of hydrogen-bond acceptors (Lipinski definition) is 2. The third-order valence-electron chi connectivity index (χ3n) is 6.98. The van der Waals surface area contributed by atoms with Crippen molar-refractivity contribution in [2.45, 2.75) is 84.4 Å². The Morgan fingerprint density at radius 2 is 1.42 bits per heavy atom. The van der Waals surface area contributed by atoms with Crippen LogP contribution in [0.25, 0.3) is 22.4 Å². The first-order chi connectivity index (χ1) is 17.5. The van der Waals surface area contributed by atoms with Crippen molar-refractivity contribution in [1.82, 2.24) is 4.98 Å². The molecule has 2 atom stereocenters. The number of hydrogen-bond donors (Lipinski definition) is 0. The Morgan fingerprint density at radius 1 is 0.750 bits per heavy atom. The molecule has 0 saturated carbocycles. The summed E-state index contributed by atoms with van der Waals surface area (Å²) in [6.07, 6.45) is 11.9. The standard InChI is InChI=1S/C33H44ClNO/c1-5-6-7-8-12-27-13-22-33(35-23-27)30-16-14-28(15-17-30)29-18-20-31(21-19-29)36-24-32(34)26(4)11-9-10-25(2)3/h13-23,25-26,32H,5-12,24H2,1-4H3. The molecule has 0 aliphatic rings. The van der Waals surface area contributed by atoms with Crippen LogP contribution in [-0.2, 0) is 6.42 Å². The number of ether oxygens (including phenoxy) is 1. The minimum Gasteiger partial charge on any atom is -0.492 e. The zero-order valence-corrected chi connectivity index (χ0v) is 23.4. The Bertz CT molecular complexity index is 995. The molecule has 194 valence electrons. The first kappa shape index (κ1) is 28.3. The summed E-state index contributed by atoms with van der Waals surface area (Å²) in [5, 5.41) is 0.0353. The SMILES string of the molecule is CCCCCCc1ccc(-c2ccc(-c3ccc(OCC(Cl)C(C)CCCC(C)C)cc3)cc2)nc1. The summed E-state index contributed by atoms with van der Waals surface area (Å²) in [4.78, 5) is 4.71. The van der Waals surface area contributed by atoms with E-state index in [0.29, 0.717) is 12.5 Å². The van der Waals surface area contributed by atoms with E-state index in [-0.39, 0.29) is 5.38 Å². The van der Waals surface area contributed by atoms with Gasteiger partial charge in [-0.25, -0.2) is 0 Å². The van der Waals surface area contributed by atoms with Crippen LogP contribution in [0, 0.1) is 11.8 Å². The lowest BCUT2D eigenvalue weighted by Crippen LogP contribution is -2.20. The van der Waals surface area contributed by atoms with E-state index >= 15 is 0 Å². The van der Waals surface area contributed by atoms with Gasteiger partial charge in [0.2, 0.25) is 0 Å². The van der Waals surface area contributed by atoms with Gasteiger partial charge in [0.15, 0.2) is 0 Å². The molecule has 1 heterocycles. The number of halogens is 1. The number of aromatic nitrogens is 1. The van der Waals surface area contributed by atoms with Gasteiger partial charge in [0.1, 0.15) is 12.4 Å². The highest BCUT2D eigenvalue weighted by Crippen LogP contribution is 2.27. The summed E-state index contributed by atoms with van der Waals surface area (Å²) in [5.41, 5.74) is 5.86. The lowest BCUT2D eigenvalue weighted by atomic mass is 9.97. The molecule has 0 saturated heterocycles. The van der Waals surface area contributed by atoms with Crippen LogP contribution in [0.4, 0.5) is 0 Å². The molecule has 2 unspecified atom stereocenters. The first-order valence-corrected chi connectivity index (χ1v) is 14.3. The normalized spacial score (nSPS) is 13.1. The fraction of sp³-hybridized carbons (Fsp3) is 0.485. The Kier molecular flexibility index (Phi) is 11.8. The average Bonchev–Trinajstić information content (AvgIpc) is 2.90. The maximum Gasteiger partial charge on any atom is 0.119 e. The highest BCUT2D eigenvalue weighted by Gasteiger charge is 2.15. The first-order valence-electron chi connectivity index (χ1n) is 13.9. The average molecular weight is 506 g/mol. The maximum atomic E-state index is 6.60. The van der Waals surface area contributed by atoms with Crippen LogP contribution in [0.1, 0.15) is 78.2 Å². The molecule has 3 rings (SSSR count). The van der Waals surface area contributed by atoms with Crippen molar-refractivity contribution in [3.8, 4) is 28.1 Å². The molecule has 0 spiro atoms. The Morgan fingerprint density at radius 3 is 2.03 bits per heavy atom. The molecule has 3 heteroatoms. The van der Waals surface area contributed by atoms with E-state index in [9.17, 15) is 0 Å². The molecule has 0 radical (unpaired) electrons. The predicted octanol–water partition coefficient (Wildman–Crippen LogP) is 9.99. The third-order valence-corrected chi connectivity index (χ3v) is 7.54. The van der Waals surface area contributed by atoms with E-state index in [1.54, 1.807) is 0 Å². The number of alkyl halides is 1. The molecular weight excluding hydrogens is 462 g/mol. The molecule has 0 fully saturated rings. The van der Waals surface area contributed by atoms with Gasteiger partial charge in [-0.3, -0.25) is 4.98 Å². The molecule has 0 N–H and O–H groups in total. The van der Waals surface area contributed by atoms with Gasteiger partial charge in [-0.15, -0.1) is 11.6 Å². The second-order valence-electron chi connectivity index (χ2n) is 10.6. The minimum atomic E-state index is 0.0353. The zero-order chi connectivity index (χ0) is 25.8. The smallest absolute Gasteiger partial charge is 0.119 e. The van der Waals surface area contributed by atoms with Crippen LogP contribution in [-0.4, -0.2) is 17.0 Å². The van der Waals surface area contributed by atoms with Gasteiger partial charge in [-0.2, -0.15) is 0 Å². The molecule has 2 nitrogen and oxygen atoms in total. The lowest BCUT2D eigenvalue weighted by molar-refractivity contribution is 0.280. The summed E-state index contributed by atoms with van der Waals surface area (Å²) in [6.45, 7) is 9.57. The van der Waals surface area contributed by atoms with Gasteiger partial charge >= 0.3 is 0 Å². The Hall–Kier alpha value is -2.32. The molecule has 0 amide bonds. The summed E-state index contributed by atoms with van der Waals surface area (Å²) in [6, 6.07) is 21.3. The Balaban J connectivity index is 1.49. The van der Waals surface area contributed by atoms with Gasteiger partial charge in [-0.1, -0.05) is 102 Å². The molecule has 1 aromatic heterocycles. The van der Waals surface area contributed by atoms with Crippen LogP contribution >= 0.6 is 11.6 Å². The van der Waals surface area contributed by atoms with E-state index in [1.165, 1.54) is 55.2 Å². The van der Waals surface area contributed by atoms with E-state index < -0.39 is 0 Å². The van der Waals surface area contributed by atoms with Crippen LogP contribution in [0.3, 0.4) is 0 Å². The molecular formula is C33H44ClNO. The summed E-state index contributed by atoms with van der Waals surface area (Å²) in [7, 11) is 0. The van der Waals surface area contributed by atoms with E-state index in [1.807, 2.05) is 18.3 Å². The van der Waals surface area contributed by atoms with Gasteiger partial charge in [-0.05, 0) is 66.0 Å². The number of benzene rings is 2. The van der Waals surface area contributed by atoms with Crippen LogP contribution in [0.5, 0.6) is 5.75 Å². The quantitative estimate of drug-likeness (QED) is 0.151. The number of rotatable bonds is 15. The second-order valence-corrected chi connectivity index (χ2v) is 11.2. The van der Waals surface area contributed by atoms with E-state index in [0.717, 1.165) is 35.8 Å². The molecule has 36 heavy (non-hydrogen) atoms. The van der Waals surface area contributed by atoms with Gasteiger partial charge in [0, 0.05) is 11.8 Å². The highest BCUT2D eigenvalue weighted by atomic mass is 35.5. The molecule has 0 bridgehead atoms. The Labute approximate surface area is 224 Å². The number of nitrogens with zero attached hydrogens (tertiary/aromatic N) is 1. The molecule has 0 aliphatic heterocycles. The van der Waals surface area contributed by atoms with Crippen molar-refractivity contribution in [3.05, 3.63) is 72.4 Å². The zero-order valence-electron chi connectivity index (χ0n) is 22.7. The van der Waals surface area contributed by atoms with Gasteiger partial charge < -0.3 is 4.74 Å². The van der Waals surface area contributed by atoms with E-state index in [4.69, 9.17) is 21.3 Å². The topological polar surface area (TPSA) is 22.1 Å². The van der Waals surface area contributed by atoms with Crippen molar-refractivity contribution in [2.75, 3.05) is 6.61 Å². The summed E-state index contributed by atoms with van der Waals surface area (Å²) < 4.78 is 5.99. The molecule has 3 aromatic rings. The third kappa shape index (κ3) is 9.28. The van der Waals surface area contributed by atoms with Crippen molar-refractivity contribution in [3.63, 3.8) is 0 Å². The summed E-state index contributed by atoms with van der Waals surface area (Å²) in [5.74, 6) is 2.08. The van der Waals surface area contributed by atoms with Crippen molar-refractivity contribution < 1.29 is 4.74 Å². The fourth-order valence-corrected chi connectivity index (χ4v) is 4.63. The van der Waals surface area contributed by atoms with Crippen LogP contribution < -0.4 is 4.74 Å². The van der Waals surface area contributed by atoms with Gasteiger partial charge in [0.25, 0.3) is 0 Å². The largest absolute Gasteiger partial charge is 0.492 e. The van der Waals surface area contributed by atoms with Crippen molar-refractivity contribution in [1.29, 1.82) is 0 Å². The van der Waals surface area contributed by atoms with Crippen LogP contribution in [0.15, 0.2) is 66.9 Å². The highest BCUT2D eigenvalue weighted by molar-refractivity contribution is 6.20. The summed E-state index contributed by atoms with van der Waals surface area (Å²) >= 11 is 6.60. The number of unbranched alkanes of at least 4 members (excludes halogenated alkanes) is 3. The lowest BCUT2D eigenvalue weighted by Gasteiger charge is -2.19. The molecule has 0 aliphatic carbocycles. The monoisotopic (exact) mass is 505 g/mol. The molecule has 2 aromatic carbocycles. The fourth-order valence-electron chi connectivity index (χ4n) is 4.45. The van der Waals surface area contributed by atoms with Crippen LogP contribution in [0.2, 0.25) is 0 Å². The predicted molar refractivity (Wildman–Crippen MR) is 156 cm³/mol. The number of pyridine rings is 1.